The molecule has 2 aromatic carbocycles. The highest BCUT2D eigenvalue weighted by atomic mass is 16.2. The summed E-state index contributed by atoms with van der Waals surface area (Å²) in [5, 5.41) is 1.54. The minimum absolute atomic E-state index is 0.0537. The molecule has 2 N–H and O–H groups in total. The van der Waals surface area contributed by atoms with Crippen LogP contribution in [0.1, 0.15) is 56.6 Å². The second-order valence-corrected chi connectivity index (χ2v) is 8.57. The lowest BCUT2D eigenvalue weighted by molar-refractivity contribution is 0.111. The van der Waals surface area contributed by atoms with Crippen LogP contribution >= 0.6 is 0 Å². The quantitative estimate of drug-likeness (QED) is 0.638. The molecule has 2 aliphatic rings. The van der Waals surface area contributed by atoms with Gasteiger partial charge in [0.15, 0.2) is 0 Å². The van der Waals surface area contributed by atoms with Crippen molar-refractivity contribution < 1.29 is 4.79 Å². The molecule has 1 saturated heterocycles. The maximum Gasteiger partial charge on any atom is 0.335 e. The van der Waals surface area contributed by atoms with Gasteiger partial charge in [-0.25, -0.2) is 10.6 Å². The first-order valence-electron chi connectivity index (χ1n) is 9.91. The lowest BCUT2D eigenvalue weighted by Gasteiger charge is -2.41. The third-order valence-electron chi connectivity index (χ3n) is 6.74. The van der Waals surface area contributed by atoms with E-state index < -0.39 is 0 Å². The second-order valence-electron chi connectivity index (χ2n) is 8.57. The fraction of sp³-hybridized carbons (Fsp3) is 0.435. The van der Waals surface area contributed by atoms with Crippen molar-refractivity contribution in [3.05, 3.63) is 71.8 Å². The Bertz CT molecular complexity index is 795. The van der Waals surface area contributed by atoms with Crippen LogP contribution in [0.5, 0.6) is 0 Å². The Morgan fingerprint density at radius 3 is 2.11 bits per heavy atom. The third kappa shape index (κ3) is 3.02. The Kier molecular flexibility index (Phi) is 4.47. The highest BCUT2D eigenvalue weighted by molar-refractivity contribution is 5.78. The molecule has 4 rings (SSSR count). The van der Waals surface area contributed by atoms with Gasteiger partial charge in [0, 0.05) is 6.54 Å². The van der Waals surface area contributed by atoms with E-state index in [9.17, 15) is 4.79 Å². The zero-order chi connectivity index (χ0) is 19.1. The monoisotopic (exact) mass is 363 g/mol. The summed E-state index contributed by atoms with van der Waals surface area (Å²) in [7, 11) is 0. The number of hydrazine groups is 1. The van der Waals surface area contributed by atoms with E-state index >= 15 is 0 Å². The summed E-state index contributed by atoms with van der Waals surface area (Å²) >= 11 is 0. The minimum atomic E-state index is -0.379. The number of nitrogens with zero attached hydrogens (tertiary/aromatic N) is 2. The summed E-state index contributed by atoms with van der Waals surface area (Å²) in [6.45, 7) is 4.93. The van der Waals surface area contributed by atoms with Crippen molar-refractivity contribution in [3.8, 4) is 0 Å². The molecule has 0 aromatic heterocycles. The van der Waals surface area contributed by atoms with E-state index in [0.717, 1.165) is 31.2 Å². The Morgan fingerprint density at radius 1 is 0.963 bits per heavy atom. The van der Waals surface area contributed by atoms with E-state index in [4.69, 9.17) is 5.84 Å². The third-order valence-corrected chi connectivity index (χ3v) is 6.74. The fourth-order valence-electron chi connectivity index (χ4n) is 4.82. The lowest BCUT2D eigenvalue weighted by Crippen LogP contribution is -2.53. The van der Waals surface area contributed by atoms with Crippen molar-refractivity contribution in [2.45, 2.75) is 56.5 Å². The van der Waals surface area contributed by atoms with Gasteiger partial charge >= 0.3 is 6.03 Å². The van der Waals surface area contributed by atoms with E-state index in [1.807, 2.05) is 23.1 Å². The number of urea groups is 1. The van der Waals surface area contributed by atoms with Gasteiger partial charge < -0.3 is 4.90 Å². The first-order chi connectivity index (χ1) is 12.9. The van der Waals surface area contributed by atoms with Crippen molar-refractivity contribution in [1.82, 2.24) is 9.91 Å². The molecule has 142 valence electrons. The molecular weight excluding hydrogens is 334 g/mol. The molecule has 1 heterocycles. The van der Waals surface area contributed by atoms with Gasteiger partial charge in [-0.2, -0.15) is 0 Å². The molecule has 4 heteroatoms. The zero-order valence-electron chi connectivity index (χ0n) is 16.3. The number of carbonyl (C=O) groups excluding carboxylic acids is 1. The largest absolute Gasteiger partial charge is 0.335 e. The number of benzene rings is 2. The van der Waals surface area contributed by atoms with Crippen molar-refractivity contribution in [2.75, 3.05) is 6.54 Å². The molecule has 0 radical (unpaired) electrons. The molecule has 2 aromatic rings. The van der Waals surface area contributed by atoms with Crippen LogP contribution in [0.15, 0.2) is 60.7 Å². The van der Waals surface area contributed by atoms with Gasteiger partial charge in [0.2, 0.25) is 0 Å². The molecule has 0 bridgehead atoms. The van der Waals surface area contributed by atoms with Gasteiger partial charge in [-0.1, -0.05) is 60.7 Å². The molecule has 0 unspecified atom stereocenters. The van der Waals surface area contributed by atoms with Crippen LogP contribution in [0.3, 0.4) is 0 Å². The van der Waals surface area contributed by atoms with Gasteiger partial charge in [0.25, 0.3) is 0 Å². The summed E-state index contributed by atoms with van der Waals surface area (Å²) < 4.78 is 0. The second kappa shape index (κ2) is 6.68. The molecule has 1 saturated carbocycles. The predicted octanol–water partition coefficient (Wildman–Crippen LogP) is 4.63. The molecule has 1 spiro atoms. The maximum absolute atomic E-state index is 13.1. The van der Waals surface area contributed by atoms with Gasteiger partial charge in [-0.05, 0) is 56.6 Å². The van der Waals surface area contributed by atoms with Crippen LogP contribution < -0.4 is 5.84 Å². The van der Waals surface area contributed by atoms with E-state index in [0.29, 0.717) is 12.5 Å². The average molecular weight is 364 g/mol. The Balaban J connectivity index is 1.53. The Morgan fingerprint density at radius 2 is 1.52 bits per heavy atom. The maximum atomic E-state index is 13.1. The Hall–Kier alpha value is -2.33. The van der Waals surface area contributed by atoms with Crippen molar-refractivity contribution in [2.24, 2.45) is 5.84 Å². The smallest absolute Gasteiger partial charge is 0.312 e. The molecular formula is C23H29N3O. The van der Waals surface area contributed by atoms with Crippen LogP contribution in [-0.2, 0) is 5.54 Å². The summed E-state index contributed by atoms with van der Waals surface area (Å²) in [6, 6.07) is 20.9. The molecule has 4 nitrogen and oxygen atoms in total. The SMILES string of the molecule is CC(C)(c1ccccc1)N1CC2(CCC(c3ccccc3)CC2)N(N)C1=O. The van der Waals surface area contributed by atoms with Crippen LogP contribution in [0, 0.1) is 0 Å². The van der Waals surface area contributed by atoms with E-state index in [2.05, 4.69) is 56.3 Å². The average Bonchev–Trinajstić information content (AvgIpc) is 2.96. The molecule has 27 heavy (non-hydrogen) atoms. The number of carbonyl (C=O) groups is 1. The van der Waals surface area contributed by atoms with Crippen LogP contribution in [0.4, 0.5) is 4.79 Å². The molecule has 1 aliphatic carbocycles. The van der Waals surface area contributed by atoms with Gasteiger partial charge in [-0.15, -0.1) is 0 Å². The van der Waals surface area contributed by atoms with Crippen LogP contribution in [0.2, 0.25) is 0 Å². The first kappa shape index (κ1) is 18.1. The fourth-order valence-corrected chi connectivity index (χ4v) is 4.82. The number of rotatable bonds is 3. The van der Waals surface area contributed by atoms with Crippen LogP contribution in [-0.4, -0.2) is 28.0 Å². The zero-order valence-corrected chi connectivity index (χ0v) is 16.3. The lowest BCUT2D eigenvalue weighted by atomic mass is 9.74. The first-order valence-corrected chi connectivity index (χ1v) is 9.91. The molecule has 2 fully saturated rings. The number of hydrogen-bond acceptors (Lipinski definition) is 2. The van der Waals surface area contributed by atoms with Crippen LogP contribution in [0.25, 0.3) is 0 Å². The van der Waals surface area contributed by atoms with Crippen molar-refractivity contribution in [1.29, 1.82) is 0 Å². The highest BCUT2D eigenvalue weighted by Gasteiger charge is 2.53. The summed E-state index contributed by atoms with van der Waals surface area (Å²) in [6.07, 6.45) is 4.06. The number of nitrogens with two attached hydrogens (primary N) is 1. The Labute approximate surface area is 161 Å². The molecule has 2 amide bonds. The molecule has 1 aliphatic heterocycles. The van der Waals surface area contributed by atoms with Gasteiger partial charge in [-0.3, -0.25) is 5.01 Å². The van der Waals surface area contributed by atoms with Gasteiger partial charge in [0.05, 0.1) is 11.1 Å². The van der Waals surface area contributed by atoms with Crippen molar-refractivity contribution in [3.63, 3.8) is 0 Å². The number of hydrogen-bond donors (Lipinski definition) is 1. The summed E-state index contributed by atoms with van der Waals surface area (Å²) in [5.41, 5.74) is 1.92. The highest BCUT2D eigenvalue weighted by Crippen LogP contribution is 2.46. The predicted molar refractivity (Wildman–Crippen MR) is 108 cm³/mol. The minimum Gasteiger partial charge on any atom is -0.312 e. The summed E-state index contributed by atoms with van der Waals surface area (Å²) in [5.74, 6) is 6.95. The van der Waals surface area contributed by atoms with E-state index in [1.165, 1.54) is 5.56 Å². The standard InChI is InChI=1S/C23H29N3O/c1-22(2,20-11-7-4-8-12-20)25-17-23(26(24)21(25)27)15-13-19(14-16-23)18-9-5-3-6-10-18/h3-12,19H,13-17,24H2,1-2H3. The normalized spacial score (nSPS) is 26.0. The van der Waals surface area contributed by atoms with Crippen molar-refractivity contribution >= 4 is 6.03 Å². The van der Waals surface area contributed by atoms with E-state index in [1.54, 1.807) is 5.01 Å². The van der Waals surface area contributed by atoms with E-state index in [-0.39, 0.29) is 17.1 Å². The molecule has 0 atom stereocenters. The van der Waals surface area contributed by atoms with Gasteiger partial charge in [0.1, 0.15) is 0 Å². The summed E-state index contributed by atoms with van der Waals surface area (Å²) in [4.78, 5) is 15.0. The topological polar surface area (TPSA) is 49.6 Å². The number of amides is 2.